The lowest BCUT2D eigenvalue weighted by atomic mass is 10.2. The summed E-state index contributed by atoms with van der Waals surface area (Å²) in [5.41, 5.74) is 9.07. The minimum absolute atomic E-state index is 0.379. The van der Waals surface area contributed by atoms with Crippen LogP contribution >= 0.6 is 0 Å². The maximum absolute atomic E-state index is 5.94. The third-order valence-corrected chi connectivity index (χ3v) is 3.45. The van der Waals surface area contributed by atoms with E-state index in [2.05, 4.69) is 17.2 Å². The summed E-state index contributed by atoms with van der Waals surface area (Å²) in [6, 6.07) is 13.8. The van der Waals surface area contributed by atoms with Crippen LogP contribution in [-0.4, -0.2) is 19.7 Å². The van der Waals surface area contributed by atoms with E-state index in [0.717, 1.165) is 23.4 Å². The molecule has 0 radical (unpaired) electrons. The average molecular weight is 327 g/mol. The zero-order valence-corrected chi connectivity index (χ0v) is 14.5. The summed E-state index contributed by atoms with van der Waals surface area (Å²) in [6.07, 6.45) is 0.955. The first-order valence-electron chi connectivity index (χ1n) is 8.05. The van der Waals surface area contributed by atoms with Gasteiger partial charge in [-0.1, -0.05) is 30.7 Å². The van der Waals surface area contributed by atoms with Crippen molar-refractivity contribution in [2.45, 2.75) is 26.8 Å². The fraction of sp³-hybridized carbons (Fsp3) is 0.316. The van der Waals surface area contributed by atoms with Crippen molar-refractivity contribution in [1.29, 1.82) is 0 Å². The fourth-order valence-corrected chi connectivity index (χ4v) is 2.14. The molecule has 0 atom stereocenters. The third-order valence-electron chi connectivity index (χ3n) is 3.45. The van der Waals surface area contributed by atoms with E-state index in [-0.39, 0.29) is 0 Å². The Hall–Kier alpha value is -2.69. The minimum atomic E-state index is 0.379. The van der Waals surface area contributed by atoms with Gasteiger partial charge in [-0.25, -0.2) is 4.99 Å². The number of methoxy groups -OCH3 is 1. The Kier molecular flexibility index (Phi) is 6.49. The Morgan fingerprint density at radius 2 is 1.88 bits per heavy atom. The van der Waals surface area contributed by atoms with Crippen molar-refractivity contribution < 1.29 is 9.47 Å². The summed E-state index contributed by atoms with van der Waals surface area (Å²) in [7, 11) is 1.63. The van der Waals surface area contributed by atoms with Crippen molar-refractivity contribution in [2.75, 3.05) is 19.0 Å². The lowest BCUT2D eigenvalue weighted by molar-refractivity contribution is 0.294. The summed E-state index contributed by atoms with van der Waals surface area (Å²) in [5.74, 6) is 1.84. The number of hydrogen-bond donors (Lipinski definition) is 2. The molecule has 0 aliphatic heterocycles. The van der Waals surface area contributed by atoms with E-state index in [4.69, 9.17) is 15.2 Å². The molecule has 2 aromatic rings. The first-order chi connectivity index (χ1) is 11.6. The predicted molar refractivity (Wildman–Crippen MR) is 98.9 cm³/mol. The van der Waals surface area contributed by atoms with Gasteiger partial charge in [0.15, 0.2) is 17.5 Å². The topological polar surface area (TPSA) is 68.9 Å². The molecule has 0 aromatic heterocycles. The van der Waals surface area contributed by atoms with Crippen molar-refractivity contribution in [3.63, 3.8) is 0 Å². The second-order valence-corrected chi connectivity index (χ2v) is 5.53. The second kappa shape index (κ2) is 8.82. The van der Waals surface area contributed by atoms with Crippen LogP contribution < -0.4 is 20.5 Å². The molecule has 2 aromatic carbocycles. The van der Waals surface area contributed by atoms with Crippen LogP contribution in [0.2, 0.25) is 0 Å². The van der Waals surface area contributed by atoms with E-state index in [1.54, 1.807) is 7.11 Å². The molecule has 0 aliphatic carbocycles. The van der Waals surface area contributed by atoms with E-state index >= 15 is 0 Å². The highest BCUT2D eigenvalue weighted by Crippen LogP contribution is 2.28. The normalized spacial score (nSPS) is 11.2. The molecule has 0 amide bonds. The molecule has 128 valence electrons. The van der Waals surface area contributed by atoms with Crippen LogP contribution in [-0.2, 0) is 6.54 Å². The summed E-state index contributed by atoms with van der Waals surface area (Å²) in [6.45, 7) is 5.25. The smallest absolute Gasteiger partial charge is 0.193 e. The summed E-state index contributed by atoms with van der Waals surface area (Å²) < 4.78 is 11.0. The molecule has 0 bridgehead atoms. The van der Waals surface area contributed by atoms with E-state index < -0.39 is 0 Å². The molecule has 5 nitrogen and oxygen atoms in total. The first kappa shape index (κ1) is 17.7. The van der Waals surface area contributed by atoms with Gasteiger partial charge in [0.1, 0.15) is 0 Å². The van der Waals surface area contributed by atoms with Crippen molar-refractivity contribution in [2.24, 2.45) is 10.7 Å². The highest BCUT2D eigenvalue weighted by molar-refractivity contribution is 5.92. The van der Waals surface area contributed by atoms with Gasteiger partial charge in [-0.05, 0) is 43.2 Å². The van der Waals surface area contributed by atoms with Gasteiger partial charge in [0, 0.05) is 5.69 Å². The highest BCUT2D eigenvalue weighted by Gasteiger charge is 2.05. The Balaban J connectivity index is 2.00. The highest BCUT2D eigenvalue weighted by atomic mass is 16.5. The molecular weight excluding hydrogens is 302 g/mol. The van der Waals surface area contributed by atoms with Gasteiger partial charge < -0.3 is 20.5 Å². The number of nitrogens with one attached hydrogen (secondary N) is 1. The molecule has 0 saturated carbocycles. The minimum Gasteiger partial charge on any atom is -0.493 e. The number of anilines is 1. The van der Waals surface area contributed by atoms with Gasteiger partial charge in [-0.3, -0.25) is 0 Å². The molecule has 0 spiro atoms. The monoisotopic (exact) mass is 327 g/mol. The van der Waals surface area contributed by atoms with Crippen molar-refractivity contribution in [3.8, 4) is 11.5 Å². The molecular formula is C19H25N3O2. The zero-order valence-electron chi connectivity index (χ0n) is 14.5. The second-order valence-electron chi connectivity index (χ2n) is 5.53. The van der Waals surface area contributed by atoms with Crippen LogP contribution in [0.4, 0.5) is 5.69 Å². The molecule has 24 heavy (non-hydrogen) atoms. The van der Waals surface area contributed by atoms with Crippen molar-refractivity contribution >= 4 is 11.6 Å². The number of nitrogens with zero attached hydrogens (tertiary/aromatic N) is 1. The van der Waals surface area contributed by atoms with Gasteiger partial charge in [0.25, 0.3) is 0 Å². The maximum Gasteiger partial charge on any atom is 0.193 e. The number of nitrogens with two attached hydrogens (primary N) is 1. The van der Waals surface area contributed by atoms with E-state index in [9.17, 15) is 0 Å². The Labute approximate surface area is 143 Å². The Bertz CT molecular complexity index is 682. The number of guanidine groups is 1. The van der Waals surface area contributed by atoms with Gasteiger partial charge >= 0.3 is 0 Å². The van der Waals surface area contributed by atoms with E-state index in [0.29, 0.717) is 24.9 Å². The van der Waals surface area contributed by atoms with Crippen LogP contribution in [0.15, 0.2) is 47.5 Å². The maximum atomic E-state index is 5.94. The molecule has 0 saturated heterocycles. The Morgan fingerprint density at radius 3 is 2.54 bits per heavy atom. The summed E-state index contributed by atoms with van der Waals surface area (Å²) in [5, 5.41) is 3.08. The van der Waals surface area contributed by atoms with Crippen LogP contribution in [0, 0.1) is 6.92 Å². The van der Waals surface area contributed by atoms with Crippen molar-refractivity contribution in [3.05, 3.63) is 53.6 Å². The predicted octanol–water partition coefficient (Wildman–Crippen LogP) is 3.72. The number of hydrogen-bond acceptors (Lipinski definition) is 3. The number of aryl methyl sites for hydroxylation is 1. The standard InChI is InChI=1S/C19H25N3O2/c1-4-11-24-17-10-7-15(12-18(17)23-3)13-21-19(20)22-16-8-5-14(2)6-9-16/h5-10,12H,4,11,13H2,1-3H3,(H3,20,21,22). The molecule has 0 aliphatic rings. The first-order valence-corrected chi connectivity index (χ1v) is 8.05. The Morgan fingerprint density at radius 1 is 1.12 bits per heavy atom. The number of ether oxygens (including phenoxy) is 2. The third kappa shape index (κ3) is 5.19. The molecule has 2 rings (SSSR count). The fourth-order valence-electron chi connectivity index (χ4n) is 2.14. The molecule has 0 heterocycles. The van der Waals surface area contributed by atoms with Crippen LogP contribution in [0.3, 0.4) is 0 Å². The summed E-state index contributed by atoms with van der Waals surface area (Å²) >= 11 is 0. The molecule has 0 fully saturated rings. The summed E-state index contributed by atoms with van der Waals surface area (Å²) in [4.78, 5) is 4.37. The quantitative estimate of drug-likeness (QED) is 0.601. The van der Waals surface area contributed by atoms with Gasteiger partial charge in [-0.15, -0.1) is 0 Å². The SMILES string of the molecule is CCCOc1ccc(CN=C(N)Nc2ccc(C)cc2)cc1OC. The van der Waals surface area contributed by atoms with E-state index in [1.165, 1.54) is 5.56 Å². The molecule has 0 unspecified atom stereocenters. The van der Waals surface area contributed by atoms with Crippen LogP contribution in [0.5, 0.6) is 11.5 Å². The van der Waals surface area contributed by atoms with Gasteiger partial charge in [0.05, 0.1) is 20.3 Å². The van der Waals surface area contributed by atoms with Crippen LogP contribution in [0.25, 0.3) is 0 Å². The van der Waals surface area contributed by atoms with E-state index in [1.807, 2.05) is 49.4 Å². The largest absolute Gasteiger partial charge is 0.493 e. The molecule has 3 N–H and O–H groups in total. The lowest BCUT2D eigenvalue weighted by Gasteiger charge is -2.11. The lowest BCUT2D eigenvalue weighted by Crippen LogP contribution is -2.22. The number of aliphatic imine (C=N–C) groups is 1. The molecule has 5 heteroatoms. The zero-order chi connectivity index (χ0) is 17.4. The van der Waals surface area contributed by atoms with Crippen molar-refractivity contribution in [1.82, 2.24) is 0 Å². The van der Waals surface area contributed by atoms with Gasteiger partial charge in [-0.2, -0.15) is 0 Å². The average Bonchev–Trinajstić information content (AvgIpc) is 2.60. The number of benzene rings is 2. The number of rotatable bonds is 7. The van der Waals surface area contributed by atoms with Crippen LogP contribution in [0.1, 0.15) is 24.5 Å². The van der Waals surface area contributed by atoms with Gasteiger partial charge in [0.2, 0.25) is 0 Å².